The number of carbonyl (C=O) groups excluding carboxylic acids is 1. The number of aromatic nitrogens is 1. The fourth-order valence-electron chi connectivity index (χ4n) is 2.92. The molecule has 1 aromatic heterocycles. The standard InChI is InChI=1S/C18H19Cl2N3O2/c19-14-5-3-6-15(17(14)20)25-16-8-7-12(11-22-16)18(24)23-9-2-1-4-13(23)10-21/h3,5-8,11,13H,1-2,4,9-10,21H2. The number of rotatable bonds is 4. The summed E-state index contributed by atoms with van der Waals surface area (Å²) < 4.78 is 5.64. The fourth-order valence-corrected chi connectivity index (χ4v) is 3.25. The Hall–Kier alpha value is -1.82. The number of piperidine rings is 1. The molecule has 1 unspecified atom stereocenters. The Kier molecular flexibility index (Phi) is 5.78. The van der Waals surface area contributed by atoms with Crippen molar-refractivity contribution < 1.29 is 9.53 Å². The first-order valence-corrected chi connectivity index (χ1v) is 8.94. The Labute approximate surface area is 156 Å². The second-order valence-corrected chi connectivity index (χ2v) is 6.71. The zero-order valence-electron chi connectivity index (χ0n) is 13.6. The molecule has 2 heterocycles. The van der Waals surface area contributed by atoms with Crippen LogP contribution < -0.4 is 10.5 Å². The molecule has 0 spiro atoms. The van der Waals surface area contributed by atoms with Gasteiger partial charge in [-0.25, -0.2) is 4.98 Å². The van der Waals surface area contributed by atoms with Crippen LogP contribution in [0.2, 0.25) is 10.0 Å². The average Bonchev–Trinajstić information content (AvgIpc) is 2.65. The highest BCUT2D eigenvalue weighted by Crippen LogP contribution is 2.34. The number of hydrogen-bond donors (Lipinski definition) is 1. The minimum Gasteiger partial charge on any atom is -0.437 e. The Morgan fingerprint density at radius 3 is 2.84 bits per heavy atom. The van der Waals surface area contributed by atoms with E-state index in [1.807, 2.05) is 4.90 Å². The number of nitrogens with two attached hydrogens (primary N) is 1. The van der Waals surface area contributed by atoms with Crippen molar-refractivity contribution in [2.45, 2.75) is 25.3 Å². The summed E-state index contributed by atoms with van der Waals surface area (Å²) in [7, 11) is 0. The van der Waals surface area contributed by atoms with E-state index >= 15 is 0 Å². The molecule has 3 rings (SSSR count). The van der Waals surface area contributed by atoms with Crippen LogP contribution in [0, 0.1) is 0 Å². The van der Waals surface area contributed by atoms with Gasteiger partial charge in [0, 0.05) is 31.4 Å². The molecule has 0 radical (unpaired) electrons. The van der Waals surface area contributed by atoms with Gasteiger partial charge in [0.25, 0.3) is 5.91 Å². The summed E-state index contributed by atoms with van der Waals surface area (Å²) in [6.45, 7) is 1.21. The molecule has 0 saturated carbocycles. The molecule has 1 amide bonds. The second kappa shape index (κ2) is 8.04. The van der Waals surface area contributed by atoms with Gasteiger partial charge in [-0.05, 0) is 37.5 Å². The van der Waals surface area contributed by atoms with Crippen molar-refractivity contribution in [3.8, 4) is 11.6 Å². The van der Waals surface area contributed by atoms with E-state index < -0.39 is 0 Å². The molecule has 0 aliphatic carbocycles. The van der Waals surface area contributed by atoms with Gasteiger partial charge in [-0.1, -0.05) is 29.3 Å². The summed E-state index contributed by atoms with van der Waals surface area (Å²) in [5.41, 5.74) is 6.31. The molecular weight excluding hydrogens is 361 g/mol. The van der Waals surface area contributed by atoms with Gasteiger partial charge < -0.3 is 15.4 Å². The molecular formula is C18H19Cl2N3O2. The largest absolute Gasteiger partial charge is 0.437 e. The number of likely N-dealkylation sites (tertiary alicyclic amines) is 1. The molecule has 7 heteroatoms. The number of pyridine rings is 1. The zero-order chi connectivity index (χ0) is 17.8. The van der Waals surface area contributed by atoms with Crippen LogP contribution in [0.1, 0.15) is 29.6 Å². The van der Waals surface area contributed by atoms with Crippen molar-refractivity contribution in [2.75, 3.05) is 13.1 Å². The molecule has 1 fully saturated rings. The summed E-state index contributed by atoms with van der Waals surface area (Å²) in [5.74, 6) is 0.713. The van der Waals surface area contributed by atoms with E-state index in [2.05, 4.69) is 4.98 Å². The number of halogens is 2. The van der Waals surface area contributed by atoms with Gasteiger partial charge in [0.1, 0.15) is 10.8 Å². The summed E-state index contributed by atoms with van der Waals surface area (Å²) in [6, 6.07) is 8.57. The van der Waals surface area contributed by atoms with E-state index in [-0.39, 0.29) is 11.9 Å². The molecule has 1 aromatic carbocycles. The number of benzene rings is 1. The lowest BCUT2D eigenvalue weighted by Crippen LogP contribution is -2.47. The molecule has 2 aromatic rings. The van der Waals surface area contributed by atoms with Crippen molar-refractivity contribution >= 4 is 29.1 Å². The highest BCUT2D eigenvalue weighted by atomic mass is 35.5. The van der Waals surface area contributed by atoms with Crippen LogP contribution in [0.25, 0.3) is 0 Å². The average molecular weight is 380 g/mol. The van der Waals surface area contributed by atoms with Crippen molar-refractivity contribution in [1.82, 2.24) is 9.88 Å². The zero-order valence-corrected chi connectivity index (χ0v) is 15.1. The Balaban J connectivity index is 1.73. The van der Waals surface area contributed by atoms with Gasteiger partial charge in [0.2, 0.25) is 5.88 Å². The number of ether oxygens (including phenoxy) is 1. The van der Waals surface area contributed by atoms with Gasteiger partial charge in [-0.3, -0.25) is 4.79 Å². The van der Waals surface area contributed by atoms with E-state index in [0.29, 0.717) is 33.8 Å². The maximum Gasteiger partial charge on any atom is 0.255 e. The van der Waals surface area contributed by atoms with Crippen molar-refractivity contribution in [3.05, 3.63) is 52.1 Å². The van der Waals surface area contributed by atoms with Crippen molar-refractivity contribution in [3.63, 3.8) is 0 Å². The van der Waals surface area contributed by atoms with Gasteiger partial charge in [0.05, 0.1) is 10.6 Å². The van der Waals surface area contributed by atoms with E-state index in [9.17, 15) is 4.79 Å². The maximum atomic E-state index is 12.7. The normalized spacial score (nSPS) is 17.4. The van der Waals surface area contributed by atoms with Gasteiger partial charge in [-0.15, -0.1) is 0 Å². The molecule has 5 nitrogen and oxygen atoms in total. The minimum absolute atomic E-state index is 0.0463. The summed E-state index contributed by atoms with van der Waals surface area (Å²) in [6.07, 6.45) is 4.57. The molecule has 0 bridgehead atoms. The topological polar surface area (TPSA) is 68.5 Å². The SMILES string of the molecule is NCC1CCCCN1C(=O)c1ccc(Oc2cccc(Cl)c2Cl)nc1. The van der Waals surface area contributed by atoms with E-state index in [0.717, 1.165) is 25.8 Å². The summed E-state index contributed by atoms with van der Waals surface area (Å²) in [5, 5.41) is 0.731. The lowest BCUT2D eigenvalue weighted by atomic mass is 10.0. The monoisotopic (exact) mass is 379 g/mol. The van der Waals surface area contributed by atoms with Gasteiger partial charge in [0.15, 0.2) is 0 Å². The first-order chi connectivity index (χ1) is 12.1. The van der Waals surface area contributed by atoms with Gasteiger partial charge in [-0.2, -0.15) is 0 Å². The Morgan fingerprint density at radius 2 is 2.12 bits per heavy atom. The summed E-state index contributed by atoms with van der Waals surface area (Å²) >= 11 is 12.1. The third-order valence-electron chi connectivity index (χ3n) is 4.27. The van der Waals surface area contributed by atoms with Crippen LogP contribution in [-0.4, -0.2) is 34.9 Å². The molecule has 1 saturated heterocycles. The van der Waals surface area contributed by atoms with Gasteiger partial charge >= 0.3 is 0 Å². The van der Waals surface area contributed by atoms with Crippen LogP contribution in [0.5, 0.6) is 11.6 Å². The predicted octanol–water partition coefficient (Wildman–Crippen LogP) is 4.13. The summed E-state index contributed by atoms with van der Waals surface area (Å²) in [4.78, 5) is 18.7. The Morgan fingerprint density at radius 1 is 1.28 bits per heavy atom. The first kappa shape index (κ1) is 18.0. The highest BCUT2D eigenvalue weighted by molar-refractivity contribution is 6.42. The lowest BCUT2D eigenvalue weighted by molar-refractivity contribution is 0.0623. The van der Waals surface area contributed by atoms with Crippen LogP contribution >= 0.6 is 23.2 Å². The minimum atomic E-state index is -0.0463. The quantitative estimate of drug-likeness (QED) is 0.866. The predicted molar refractivity (Wildman–Crippen MR) is 98.5 cm³/mol. The van der Waals surface area contributed by atoms with Crippen LogP contribution in [0.15, 0.2) is 36.5 Å². The van der Waals surface area contributed by atoms with Crippen LogP contribution in [-0.2, 0) is 0 Å². The molecule has 2 N–H and O–H groups in total. The van der Waals surface area contributed by atoms with E-state index in [1.165, 1.54) is 6.20 Å². The molecule has 1 aliphatic rings. The second-order valence-electron chi connectivity index (χ2n) is 5.92. The maximum absolute atomic E-state index is 12.7. The van der Waals surface area contributed by atoms with Crippen molar-refractivity contribution in [1.29, 1.82) is 0 Å². The third kappa shape index (κ3) is 4.06. The van der Waals surface area contributed by atoms with Crippen LogP contribution in [0.3, 0.4) is 0 Å². The molecule has 1 aliphatic heterocycles. The first-order valence-electron chi connectivity index (χ1n) is 8.19. The highest BCUT2D eigenvalue weighted by Gasteiger charge is 2.26. The number of carbonyl (C=O) groups is 1. The van der Waals surface area contributed by atoms with E-state index in [4.69, 9.17) is 33.7 Å². The smallest absolute Gasteiger partial charge is 0.255 e. The number of nitrogens with zero attached hydrogens (tertiary/aromatic N) is 2. The molecule has 1 atom stereocenters. The molecule has 132 valence electrons. The van der Waals surface area contributed by atoms with Crippen LogP contribution in [0.4, 0.5) is 0 Å². The third-order valence-corrected chi connectivity index (χ3v) is 5.08. The molecule has 25 heavy (non-hydrogen) atoms. The van der Waals surface area contributed by atoms with E-state index in [1.54, 1.807) is 30.3 Å². The number of hydrogen-bond acceptors (Lipinski definition) is 4. The lowest BCUT2D eigenvalue weighted by Gasteiger charge is -2.35. The fraction of sp³-hybridized carbons (Fsp3) is 0.333. The Bertz CT molecular complexity index is 752. The van der Waals surface area contributed by atoms with Crippen molar-refractivity contribution in [2.24, 2.45) is 5.73 Å². The number of amides is 1.